The number of benzene rings is 1. The molecule has 2 saturated heterocycles. The summed E-state index contributed by atoms with van der Waals surface area (Å²) in [6.45, 7) is 10.1. The van der Waals surface area contributed by atoms with Crippen molar-refractivity contribution in [2.45, 2.75) is 51.4 Å². The minimum absolute atomic E-state index is 0.364. The number of ether oxygens (including phenoxy) is 2. The first-order valence-electron chi connectivity index (χ1n) is 9.39. The van der Waals surface area contributed by atoms with Crippen molar-refractivity contribution < 1.29 is 9.47 Å². The Labute approximate surface area is 146 Å². The van der Waals surface area contributed by atoms with Crippen LogP contribution in [0.3, 0.4) is 0 Å². The molecule has 0 saturated carbocycles. The Bertz CT molecular complexity index is 495. The molecule has 4 nitrogen and oxygen atoms in total. The third-order valence-electron chi connectivity index (χ3n) is 5.31. The van der Waals surface area contributed by atoms with E-state index in [2.05, 4.69) is 47.9 Å². The van der Waals surface area contributed by atoms with E-state index in [1.165, 1.54) is 31.5 Å². The van der Waals surface area contributed by atoms with Gasteiger partial charge in [0.15, 0.2) is 0 Å². The Morgan fingerprint density at radius 3 is 2.50 bits per heavy atom. The zero-order valence-corrected chi connectivity index (χ0v) is 15.4. The molecule has 2 aliphatic heterocycles. The molecule has 2 heterocycles. The zero-order valence-electron chi connectivity index (χ0n) is 15.4. The van der Waals surface area contributed by atoms with Crippen LogP contribution < -0.4 is 4.74 Å². The van der Waals surface area contributed by atoms with Crippen LogP contribution >= 0.6 is 0 Å². The van der Waals surface area contributed by atoms with Gasteiger partial charge in [-0.3, -0.25) is 9.80 Å². The van der Waals surface area contributed by atoms with Gasteiger partial charge in [0.25, 0.3) is 0 Å². The highest BCUT2D eigenvalue weighted by atomic mass is 16.5. The molecule has 1 aromatic carbocycles. The fourth-order valence-corrected chi connectivity index (χ4v) is 4.19. The lowest BCUT2D eigenvalue weighted by atomic mass is 10.1. The van der Waals surface area contributed by atoms with Crippen LogP contribution in [0.1, 0.15) is 32.3 Å². The van der Waals surface area contributed by atoms with Crippen LogP contribution in [0.4, 0.5) is 0 Å². The molecule has 134 valence electrons. The van der Waals surface area contributed by atoms with E-state index in [-0.39, 0.29) is 0 Å². The van der Waals surface area contributed by atoms with Crippen molar-refractivity contribution in [3.8, 4) is 5.75 Å². The molecule has 0 amide bonds. The van der Waals surface area contributed by atoms with Gasteiger partial charge in [-0.05, 0) is 57.4 Å². The molecule has 0 N–H and O–H groups in total. The van der Waals surface area contributed by atoms with Gasteiger partial charge in [-0.2, -0.15) is 0 Å². The summed E-state index contributed by atoms with van der Waals surface area (Å²) in [5.41, 5.74) is 1.40. The molecule has 0 radical (unpaired) electrons. The normalized spacial score (nSPS) is 29.0. The molecule has 3 rings (SSSR count). The Morgan fingerprint density at radius 1 is 1.12 bits per heavy atom. The number of hydrogen-bond acceptors (Lipinski definition) is 4. The second-order valence-corrected chi connectivity index (χ2v) is 7.41. The first kappa shape index (κ1) is 17.7. The molecule has 3 atom stereocenters. The van der Waals surface area contributed by atoms with Gasteiger partial charge in [-0.15, -0.1) is 0 Å². The average Bonchev–Trinajstić information content (AvgIpc) is 2.99. The van der Waals surface area contributed by atoms with E-state index in [0.717, 1.165) is 31.8 Å². The second kappa shape index (κ2) is 8.32. The van der Waals surface area contributed by atoms with Gasteiger partial charge in [-0.1, -0.05) is 12.1 Å². The quantitative estimate of drug-likeness (QED) is 0.800. The van der Waals surface area contributed by atoms with Crippen molar-refractivity contribution in [3.05, 3.63) is 29.8 Å². The summed E-state index contributed by atoms with van der Waals surface area (Å²) in [7, 11) is 1.72. The lowest BCUT2D eigenvalue weighted by Gasteiger charge is -2.38. The molecule has 2 fully saturated rings. The highest BCUT2D eigenvalue weighted by Gasteiger charge is 2.29. The lowest BCUT2D eigenvalue weighted by molar-refractivity contribution is -0.0722. The van der Waals surface area contributed by atoms with Crippen molar-refractivity contribution in [2.75, 3.05) is 39.8 Å². The van der Waals surface area contributed by atoms with Gasteiger partial charge in [0.05, 0.1) is 19.3 Å². The molecule has 24 heavy (non-hydrogen) atoms. The van der Waals surface area contributed by atoms with Gasteiger partial charge >= 0.3 is 0 Å². The van der Waals surface area contributed by atoms with E-state index in [0.29, 0.717) is 18.2 Å². The van der Waals surface area contributed by atoms with Gasteiger partial charge in [-0.25, -0.2) is 0 Å². The molecule has 0 aromatic heterocycles. The van der Waals surface area contributed by atoms with Crippen LogP contribution in [-0.4, -0.2) is 67.9 Å². The van der Waals surface area contributed by atoms with Gasteiger partial charge in [0, 0.05) is 32.2 Å². The minimum Gasteiger partial charge on any atom is -0.497 e. The Kier molecular flexibility index (Phi) is 6.14. The molecule has 4 heteroatoms. The monoisotopic (exact) mass is 332 g/mol. The lowest BCUT2D eigenvalue weighted by Crippen LogP contribution is -2.50. The second-order valence-electron chi connectivity index (χ2n) is 7.41. The number of morpholine rings is 1. The van der Waals surface area contributed by atoms with Gasteiger partial charge < -0.3 is 9.47 Å². The fraction of sp³-hybridized carbons (Fsp3) is 0.700. The van der Waals surface area contributed by atoms with E-state index in [1.807, 2.05) is 0 Å². The summed E-state index contributed by atoms with van der Waals surface area (Å²) in [6, 6.07) is 9.21. The summed E-state index contributed by atoms with van der Waals surface area (Å²) in [4.78, 5) is 5.30. The molecule has 0 aliphatic carbocycles. The van der Waals surface area contributed by atoms with E-state index < -0.39 is 0 Å². The van der Waals surface area contributed by atoms with E-state index in [9.17, 15) is 0 Å². The summed E-state index contributed by atoms with van der Waals surface area (Å²) < 4.78 is 11.1. The summed E-state index contributed by atoms with van der Waals surface area (Å²) >= 11 is 0. The zero-order chi connectivity index (χ0) is 16.9. The van der Waals surface area contributed by atoms with Crippen molar-refractivity contribution in [1.29, 1.82) is 0 Å². The Morgan fingerprint density at radius 2 is 1.83 bits per heavy atom. The van der Waals surface area contributed by atoms with Crippen LogP contribution in [-0.2, 0) is 11.2 Å². The maximum Gasteiger partial charge on any atom is 0.118 e. The van der Waals surface area contributed by atoms with Crippen LogP contribution in [0.25, 0.3) is 0 Å². The Hall–Kier alpha value is -1.10. The number of nitrogens with zero attached hydrogens (tertiary/aromatic N) is 2. The molecule has 0 bridgehead atoms. The van der Waals surface area contributed by atoms with Crippen LogP contribution in [0.2, 0.25) is 0 Å². The first-order valence-corrected chi connectivity index (χ1v) is 9.39. The molecular weight excluding hydrogens is 300 g/mol. The van der Waals surface area contributed by atoms with Crippen molar-refractivity contribution in [3.63, 3.8) is 0 Å². The molecule has 2 aliphatic rings. The van der Waals surface area contributed by atoms with E-state index in [4.69, 9.17) is 9.47 Å². The number of rotatable bonds is 6. The summed E-state index contributed by atoms with van der Waals surface area (Å²) in [5, 5.41) is 0. The number of likely N-dealkylation sites (tertiary alicyclic amines) is 1. The molecule has 1 aromatic rings. The maximum atomic E-state index is 5.87. The summed E-state index contributed by atoms with van der Waals surface area (Å²) in [6.07, 6.45) is 4.52. The predicted octanol–water partition coefficient (Wildman–Crippen LogP) is 2.81. The highest BCUT2D eigenvalue weighted by molar-refractivity contribution is 5.27. The largest absolute Gasteiger partial charge is 0.497 e. The topological polar surface area (TPSA) is 24.9 Å². The van der Waals surface area contributed by atoms with Crippen molar-refractivity contribution in [1.82, 2.24) is 9.80 Å². The Balaban J connectivity index is 1.49. The summed E-state index contributed by atoms with van der Waals surface area (Å²) in [5.74, 6) is 0.938. The first-order chi connectivity index (χ1) is 11.6. The van der Waals surface area contributed by atoms with Gasteiger partial charge in [0.1, 0.15) is 5.75 Å². The third-order valence-corrected chi connectivity index (χ3v) is 5.31. The SMILES string of the molecule is COc1ccc(CCN2CCC[C@@H]2CN2C[C@H](C)O[C@@H](C)C2)cc1. The van der Waals surface area contributed by atoms with Gasteiger partial charge in [0.2, 0.25) is 0 Å². The van der Waals surface area contributed by atoms with E-state index in [1.54, 1.807) is 7.11 Å². The van der Waals surface area contributed by atoms with Crippen molar-refractivity contribution in [2.24, 2.45) is 0 Å². The fourth-order valence-electron chi connectivity index (χ4n) is 4.19. The number of hydrogen-bond donors (Lipinski definition) is 0. The molecule has 0 spiro atoms. The highest BCUT2D eigenvalue weighted by Crippen LogP contribution is 2.21. The average molecular weight is 332 g/mol. The van der Waals surface area contributed by atoms with E-state index >= 15 is 0 Å². The molecular formula is C20H32N2O2. The van der Waals surface area contributed by atoms with Crippen LogP contribution in [0, 0.1) is 0 Å². The third kappa shape index (κ3) is 4.71. The minimum atomic E-state index is 0.364. The number of methoxy groups -OCH3 is 1. The molecule has 0 unspecified atom stereocenters. The van der Waals surface area contributed by atoms with Crippen molar-refractivity contribution >= 4 is 0 Å². The van der Waals surface area contributed by atoms with Crippen LogP contribution in [0.5, 0.6) is 5.75 Å². The van der Waals surface area contributed by atoms with Crippen LogP contribution in [0.15, 0.2) is 24.3 Å². The predicted molar refractivity (Wildman–Crippen MR) is 97.7 cm³/mol. The standard InChI is InChI=1S/C20H32N2O2/c1-16-13-21(14-17(2)24-16)15-19-5-4-11-22(19)12-10-18-6-8-20(23-3)9-7-18/h6-9,16-17,19H,4-5,10-15H2,1-3H3/t16-,17-,19+/m0/s1. The maximum absolute atomic E-state index is 5.87. The smallest absolute Gasteiger partial charge is 0.118 e.